The molecule has 0 aliphatic heterocycles. The Balaban J connectivity index is 2.17. The van der Waals surface area contributed by atoms with E-state index < -0.39 is 5.97 Å². The summed E-state index contributed by atoms with van der Waals surface area (Å²) in [6.45, 7) is 9.21. The fourth-order valence-electron chi connectivity index (χ4n) is 3.87. The van der Waals surface area contributed by atoms with E-state index >= 15 is 0 Å². The molecule has 0 aliphatic carbocycles. The standard InChI is InChI=1S/C24H14N2O3/c1-13-7-8-17-21-18(23(27)22(17)19(12-25)26-2)10-9-16(20(13)21)14-5-4-6-15(11-14)24(28)29-3/h4-11H,1,3H3/b22-19-. The monoisotopic (exact) mass is 378 g/mol. The van der Waals surface area contributed by atoms with Gasteiger partial charge in [0.25, 0.3) is 5.70 Å². The largest absolute Gasteiger partial charge is 0.465 e. The highest BCUT2D eigenvalue weighted by atomic mass is 16.5. The summed E-state index contributed by atoms with van der Waals surface area (Å²) in [5, 5.41) is 12.2. The van der Waals surface area contributed by atoms with Gasteiger partial charge in [-0.25, -0.2) is 14.9 Å². The molecule has 0 aromatic heterocycles. The highest BCUT2D eigenvalue weighted by molar-refractivity contribution is 6.18. The molecule has 0 fully saturated rings. The van der Waals surface area contributed by atoms with Crippen LogP contribution in [-0.2, 0) is 4.74 Å². The van der Waals surface area contributed by atoms with Crippen LogP contribution in [0.25, 0.3) is 43.2 Å². The summed E-state index contributed by atoms with van der Waals surface area (Å²) < 4.78 is 4.82. The molecule has 0 N–H and O–H groups in total. The van der Waals surface area contributed by atoms with E-state index in [2.05, 4.69) is 4.85 Å². The quantitative estimate of drug-likeness (QED) is 0.393. The molecule has 0 heterocycles. The lowest BCUT2D eigenvalue weighted by atomic mass is 9.92. The number of nitriles is 1. The minimum absolute atomic E-state index is 0.156. The summed E-state index contributed by atoms with van der Waals surface area (Å²) in [6, 6.07) is 16.2. The Morgan fingerprint density at radius 3 is 2.55 bits per heavy atom. The molecule has 4 aromatic rings. The Morgan fingerprint density at radius 1 is 1.10 bits per heavy atom. The van der Waals surface area contributed by atoms with Crippen LogP contribution in [-0.4, -0.2) is 13.1 Å². The third-order valence-corrected chi connectivity index (χ3v) is 5.16. The van der Waals surface area contributed by atoms with Crippen molar-refractivity contribution in [2.45, 2.75) is 6.92 Å². The zero-order valence-corrected chi connectivity index (χ0v) is 15.7. The summed E-state index contributed by atoms with van der Waals surface area (Å²) in [7, 11) is 1.34. The summed E-state index contributed by atoms with van der Waals surface area (Å²) in [5.74, 6) is -0.425. The van der Waals surface area contributed by atoms with E-state index in [1.165, 1.54) is 7.11 Å². The van der Waals surface area contributed by atoms with E-state index in [1.54, 1.807) is 30.3 Å². The van der Waals surface area contributed by atoms with E-state index in [0.717, 1.165) is 27.5 Å². The van der Waals surface area contributed by atoms with Crippen molar-refractivity contribution in [2.75, 3.05) is 7.11 Å². The van der Waals surface area contributed by atoms with Crippen LogP contribution in [0.2, 0.25) is 0 Å². The lowest BCUT2D eigenvalue weighted by Crippen LogP contribution is -2.21. The van der Waals surface area contributed by atoms with Gasteiger partial charge < -0.3 is 4.74 Å². The van der Waals surface area contributed by atoms with Crippen molar-refractivity contribution in [2.24, 2.45) is 0 Å². The molecule has 0 bridgehead atoms. The fraction of sp³-hybridized carbons (Fsp3) is 0.0833. The number of carbonyl (C=O) groups excluding carboxylic acids is 1. The number of hydrogen-bond acceptors (Lipinski definition) is 4. The van der Waals surface area contributed by atoms with Gasteiger partial charge in [-0.15, -0.1) is 0 Å². The van der Waals surface area contributed by atoms with Crippen LogP contribution in [0.4, 0.5) is 0 Å². The van der Waals surface area contributed by atoms with Gasteiger partial charge >= 0.3 is 5.97 Å². The van der Waals surface area contributed by atoms with E-state index in [0.29, 0.717) is 16.3 Å². The van der Waals surface area contributed by atoms with E-state index in [-0.39, 0.29) is 16.3 Å². The zero-order chi connectivity index (χ0) is 20.7. The van der Waals surface area contributed by atoms with E-state index in [1.807, 2.05) is 31.2 Å². The Hall–Kier alpha value is -4.22. The molecule has 0 saturated carbocycles. The van der Waals surface area contributed by atoms with Gasteiger partial charge in [-0.05, 0) is 52.6 Å². The molecule has 0 radical (unpaired) electrons. The smallest absolute Gasteiger partial charge is 0.337 e. The number of nitrogens with zero attached hydrogens (tertiary/aromatic N) is 2. The number of benzene rings is 3. The Morgan fingerprint density at radius 2 is 1.86 bits per heavy atom. The van der Waals surface area contributed by atoms with Crippen LogP contribution in [0.5, 0.6) is 0 Å². The number of ether oxygens (including phenoxy) is 1. The summed E-state index contributed by atoms with van der Waals surface area (Å²) in [6.07, 6.45) is 0. The molecule has 0 saturated heterocycles. The maximum atomic E-state index is 13.0. The van der Waals surface area contributed by atoms with Gasteiger partial charge in [0.2, 0.25) is 0 Å². The second-order valence-electron chi connectivity index (χ2n) is 6.69. The molecule has 0 spiro atoms. The number of hydrogen-bond donors (Lipinski definition) is 0. The maximum absolute atomic E-state index is 13.0. The van der Waals surface area contributed by atoms with Crippen molar-refractivity contribution in [3.63, 3.8) is 0 Å². The average Bonchev–Trinajstić information content (AvgIpc) is 3.04. The lowest BCUT2D eigenvalue weighted by molar-refractivity contribution is 0.0601. The van der Waals surface area contributed by atoms with Crippen molar-refractivity contribution in [3.8, 4) is 17.2 Å². The summed E-state index contributed by atoms with van der Waals surface area (Å²) in [5.41, 5.74) is 2.56. The molecular weight excluding hydrogens is 364 g/mol. The molecule has 0 aliphatic rings. The molecular formula is C24H14N2O3. The number of carbonyl (C=O) groups is 1. The van der Waals surface area contributed by atoms with Crippen LogP contribution in [0, 0.1) is 24.8 Å². The molecule has 0 unspecified atom stereocenters. The zero-order valence-electron chi connectivity index (χ0n) is 15.7. The first-order valence-corrected chi connectivity index (χ1v) is 8.83. The van der Waals surface area contributed by atoms with Crippen molar-refractivity contribution in [1.29, 1.82) is 5.26 Å². The van der Waals surface area contributed by atoms with Crippen molar-refractivity contribution < 1.29 is 9.53 Å². The third kappa shape index (κ3) is 2.61. The van der Waals surface area contributed by atoms with Crippen LogP contribution >= 0.6 is 0 Å². The predicted octanol–water partition coefficient (Wildman–Crippen LogP) is 3.82. The molecule has 4 rings (SSSR count). The molecule has 5 nitrogen and oxygen atoms in total. The van der Waals surface area contributed by atoms with E-state index in [9.17, 15) is 14.9 Å². The van der Waals surface area contributed by atoms with Gasteiger partial charge in [0.15, 0.2) is 5.43 Å². The van der Waals surface area contributed by atoms with Gasteiger partial charge in [0, 0.05) is 16.0 Å². The van der Waals surface area contributed by atoms with Crippen molar-refractivity contribution in [1.82, 2.24) is 0 Å². The normalized spacial score (nSPS) is 11.9. The van der Waals surface area contributed by atoms with Gasteiger partial charge in [-0.1, -0.05) is 30.3 Å². The number of methoxy groups -OCH3 is 1. The maximum Gasteiger partial charge on any atom is 0.337 e. The summed E-state index contributed by atoms with van der Waals surface area (Å²) in [4.78, 5) is 28.2. The second kappa shape index (κ2) is 6.74. The first kappa shape index (κ1) is 18.2. The topological polar surface area (TPSA) is 71.5 Å². The Labute approximate surface area is 166 Å². The van der Waals surface area contributed by atoms with Crippen LogP contribution in [0.1, 0.15) is 15.9 Å². The van der Waals surface area contributed by atoms with Crippen molar-refractivity contribution >= 4 is 33.2 Å². The fourth-order valence-corrected chi connectivity index (χ4v) is 3.87. The summed E-state index contributed by atoms with van der Waals surface area (Å²) >= 11 is 0. The van der Waals surface area contributed by atoms with Gasteiger partial charge in [-0.2, -0.15) is 0 Å². The third-order valence-electron chi connectivity index (χ3n) is 5.16. The number of rotatable bonds is 2. The SMILES string of the molecule is [C-]#[N+]/C(C#N)=c1\c(=O)c2ccc(-c3cccc(C(=O)OC)c3)c3c(C)ccc1c32. The van der Waals surface area contributed by atoms with Crippen LogP contribution in [0.3, 0.4) is 0 Å². The molecule has 5 heteroatoms. The van der Waals surface area contributed by atoms with Gasteiger partial charge in [-0.3, -0.25) is 4.79 Å². The van der Waals surface area contributed by atoms with Crippen molar-refractivity contribution in [3.05, 3.63) is 86.5 Å². The molecule has 29 heavy (non-hydrogen) atoms. The Bertz CT molecular complexity index is 1490. The van der Waals surface area contributed by atoms with E-state index in [4.69, 9.17) is 11.3 Å². The first-order valence-electron chi connectivity index (χ1n) is 8.83. The average molecular weight is 378 g/mol. The lowest BCUT2D eigenvalue weighted by Gasteiger charge is -2.11. The van der Waals surface area contributed by atoms with Gasteiger partial charge in [0.05, 0.1) is 25.3 Å². The number of esters is 1. The van der Waals surface area contributed by atoms with Crippen LogP contribution in [0.15, 0.2) is 53.3 Å². The Kier molecular flexibility index (Phi) is 4.22. The highest BCUT2D eigenvalue weighted by Crippen LogP contribution is 2.35. The van der Waals surface area contributed by atoms with Crippen LogP contribution < -0.4 is 10.6 Å². The molecule has 4 aromatic carbocycles. The highest BCUT2D eigenvalue weighted by Gasteiger charge is 2.18. The predicted molar refractivity (Wildman–Crippen MR) is 111 cm³/mol. The molecule has 138 valence electrons. The number of aryl methyl sites for hydroxylation is 1. The van der Waals surface area contributed by atoms with Gasteiger partial charge in [0.1, 0.15) is 0 Å². The minimum Gasteiger partial charge on any atom is -0.465 e. The molecule has 0 amide bonds. The minimum atomic E-state index is -0.425. The molecule has 0 atom stereocenters. The first-order chi connectivity index (χ1) is 14.0. The second-order valence-corrected chi connectivity index (χ2v) is 6.69.